The molecule has 0 spiro atoms. The molecule has 0 radical (unpaired) electrons. The van der Waals surface area contributed by atoms with Crippen LogP contribution in [-0.2, 0) is 6.54 Å². The monoisotopic (exact) mass is 286 g/mol. The predicted octanol–water partition coefficient (Wildman–Crippen LogP) is 4.04. The van der Waals surface area contributed by atoms with Crippen molar-refractivity contribution in [2.45, 2.75) is 58.0 Å². The third kappa shape index (κ3) is 5.06. The van der Waals surface area contributed by atoms with Crippen LogP contribution in [0.3, 0.4) is 0 Å². The second kappa shape index (κ2) is 8.69. The summed E-state index contributed by atoms with van der Waals surface area (Å²) in [4.78, 5) is 0. The maximum atomic E-state index is 8.64. The number of benzene rings is 1. The van der Waals surface area contributed by atoms with Gasteiger partial charge in [-0.2, -0.15) is 5.26 Å². The molecule has 1 aromatic carbocycles. The highest BCUT2D eigenvalue weighted by molar-refractivity contribution is 5.33. The summed E-state index contributed by atoms with van der Waals surface area (Å²) in [6.45, 7) is 3.21. The lowest BCUT2D eigenvalue weighted by Crippen LogP contribution is -2.33. The lowest BCUT2D eigenvalue weighted by atomic mass is 9.93. The van der Waals surface area contributed by atoms with Gasteiger partial charge in [-0.3, -0.25) is 0 Å². The van der Waals surface area contributed by atoms with E-state index in [1.165, 1.54) is 38.5 Å². The first-order valence-electron chi connectivity index (χ1n) is 8.12. The van der Waals surface area contributed by atoms with Gasteiger partial charge in [-0.1, -0.05) is 43.9 Å². The molecule has 3 nitrogen and oxygen atoms in total. The summed E-state index contributed by atoms with van der Waals surface area (Å²) < 4.78 is 5.48. The summed E-state index contributed by atoms with van der Waals surface area (Å²) in [6, 6.07) is 10.5. The van der Waals surface area contributed by atoms with Crippen LogP contribution in [0.25, 0.3) is 0 Å². The van der Waals surface area contributed by atoms with Crippen molar-refractivity contribution in [2.24, 2.45) is 5.92 Å². The number of hydrogen-bond donors (Lipinski definition) is 1. The standard InChI is InChI=1S/C18H26N2O/c1-15(16-8-4-2-3-5-9-16)20-14-17-10-6-7-11-18(17)21-13-12-19/h6-7,10-11,15-16,20H,2-5,8-9,13-14H2,1H3/t15-/m0/s1. The van der Waals surface area contributed by atoms with Crippen LogP contribution < -0.4 is 10.1 Å². The lowest BCUT2D eigenvalue weighted by molar-refractivity contribution is 0.330. The number of rotatable bonds is 6. The summed E-state index contributed by atoms with van der Waals surface area (Å²) >= 11 is 0. The molecule has 0 bridgehead atoms. The summed E-state index contributed by atoms with van der Waals surface area (Å²) in [5.74, 6) is 1.61. The zero-order valence-corrected chi connectivity index (χ0v) is 13.0. The molecule has 0 amide bonds. The molecule has 2 rings (SSSR count). The molecule has 1 aromatic rings. The van der Waals surface area contributed by atoms with Gasteiger partial charge in [0, 0.05) is 18.2 Å². The Kier molecular flexibility index (Phi) is 6.56. The second-order valence-electron chi connectivity index (χ2n) is 5.98. The summed E-state index contributed by atoms with van der Waals surface area (Å²) in [5.41, 5.74) is 1.13. The van der Waals surface area contributed by atoms with E-state index in [9.17, 15) is 0 Å². The van der Waals surface area contributed by atoms with Crippen LogP contribution in [-0.4, -0.2) is 12.6 Å². The van der Waals surface area contributed by atoms with E-state index in [1.54, 1.807) is 0 Å². The highest BCUT2D eigenvalue weighted by Gasteiger charge is 2.18. The molecule has 0 saturated heterocycles. The maximum Gasteiger partial charge on any atom is 0.174 e. The number of hydrogen-bond acceptors (Lipinski definition) is 3. The quantitative estimate of drug-likeness (QED) is 0.803. The summed E-state index contributed by atoms with van der Waals surface area (Å²) in [5, 5.41) is 12.3. The SMILES string of the molecule is C[C@H](NCc1ccccc1OCC#N)C1CCCCCC1. The van der Waals surface area contributed by atoms with Crippen LogP contribution in [0.1, 0.15) is 51.0 Å². The summed E-state index contributed by atoms with van der Waals surface area (Å²) in [6.07, 6.45) is 8.24. The van der Waals surface area contributed by atoms with Gasteiger partial charge in [-0.25, -0.2) is 0 Å². The van der Waals surface area contributed by atoms with E-state index in [1.807, 2.05) is 24.3 Å². The fourth-order valence-corrected chi connectivity index (χ4v) is 3.15. The average Bonchev–Trinajstić information content (AvgIpc) is 2.80. The highest BCUT2D eigenvalue weighted by Crippen LogP contribution is 2.26. The Morgan fingerprint density at radius 1 is 1.24 bits per heavy atom. The van der Waals surface area contributed by atoms with Crippen LogP contribution in [0.4, 0.5) is 0 Å². The zero-order valence-electron chi connectivity index (χ0n) is 13.0. The van der Waals surface area contributed by atoms with E-state index >= 15 is 0 Å². The lowest BCUT2D eigenvalue weighted by Gasteiger charge is -2.24. The number of nitrogens with zero attached hydrogens (tertiary/aromatic N) is 1. The largest absolute Gasteiger partial charge is 0.478 e. The van der Waals surface area contributed by atoms with Gasteiger partial charge in [0.25, 0.3) is 0 Å². The van der Waals surface area contributed by atoms with Gasteiger partial charge in [0.15, 0.2) is 6.61 Å². The van der Waals surface area contributed by atoms with Crippen LogP contribution in [0.5, 0.6) is 5.75 Å². The van der Waals surface area contributed by atoms with Crippen molar-refractivity contribution >= 4 is 0 Å². The fraction of sp³-hybridized carbons (Fsp3) is 0.611. The Bertz CT molecular complexity index is 459. The van der Waals surface area contributed by atoms with Crippen molar-refractivity contribution in [1.29, 1.82) is 5.26 Å². The van der Waals surface area contributed by atoms with E-state index in [-0.39, 0.29) is 6.61 Å². The van der Waals surface area contributed by atoms with Crippen LogP contribution in [0.15, 0.2) is 24.3 Å². The average molecular weight is 286 g/mol. The third-order valence-corrected chi connectivity index (χ3v) is 4.49. The second-order valence-corrected chi connectivity index (χ2v) is 5.98. The first kappa shape index (κ1) is 15.9. The Morgan fingerprint density at radius 3 is 2.67 bits per heavy atom. The molecule has 0 heterocycles. The van der Waals surface area contributed by atoms with Crippen molar-refractivity contribution in [3.05, 3.63) is 29.8 Å². The minimum Gasteiger partial charge on any atom is -0.478 e. The summed E-state index contributed by atoms with van der Waals surface area (Å²) in [7, 11) is 0. The van der Waals surface area contributed by atoms with E-state index < -0.39 is 0 Å². The topological polar surface area (TPSA) is 45.0 Å². The van der Waals surface area contributed by atoms with Crippen molar-refractivity contribution in [1.82, 2.24) is 5.32 Å². The van der Waals surface area contributed by atoms with E-state index in [4.69, 9.17) is 10.00 Å². The van der Waals surface area contributed by atoms with Crippen molar-refractivity contribution in [3.63, 3.8) is 0 Å². The Morgan fingerprint density at radius 2 is 1.95 bits per heavy atom. The fourth-order valence-electron chi connectivity index (χ4n) is 3.15. The molecular formula is C18H26N2O. The highest BCUT2D eigenvalue weighted by atomic mass is 16.5. The molecular weight excluding hydrogens is 260 g/mol. The Balaban J connectivity index is 1.88. The zero-order chi connectivity index (χ0) is 14.9. The maximum absolute atomic E-state index is 8.64. The first-order chi connectivity index (χ1) is 10.3. The van der Waals surface area contributed by atoms with Crippen molar-refractivity contribution in [2.75, 3.05) is 6.61 Å². The van der Waals surface area contributed by atoms with Gasteiger partial charge in [-0.05, 0) is 31.7 Å². The number of nitrogens with one attached hydrogen (secondary N) is 1. The van der Waals surface area contributed by atoms with Gasteiger partial charge < -0.3 is 10.1 Å². The van der Waals surface area contributed by atoms with Gasteiger partial charge in [-0.15, -0.1) is 0 Å². The molecule has 1 saturated carbocycles. The van der Waals surface area contributed by atoms with Gasteiger partial charge in [0.05, 0.1) is 0 Å². The number of ether oxygens (including phenoxy) is 1. The van der Waals surface area contributed by atoms with Crippen LogP contribution in [0.2, 0.25) is 0 Å². The molecule has 1 aliphatic carbocycles. The Labute approximate surface area is 128 Å². The molecule has 0 unspecified atom stereocenters. The molecule has 114 valence electrons. The molecule has 0 aromatic heterocycles. The molecule has 21 heavy (non-hydrogen) atoms. The molecule has 3 heteroatoms. The van der Waals surface area contributed by atoms with Crippen molar-refractivity contribution in [3.8, 4) is 11.8 Å². The van der Waals surface area contributed by atoms with E-state index in [0.29, 0.717) is 6.04 Å². The van der Waals surface area contributed by atoms with Gasteiger partial charge in [0.2, 0.25) is 0 Å². The van der Waals surface area contributed by atoms with Crippen LogP contribution in [0, 0.1) is 17.2 Å². The van der Waals surface area contributed by atoms with E-state index in [0.717, 1.165) is 23.8 Å². The molecule has 1 aliphatic rings. The normalized spacial score (nSPS) is 17.7. The minimum absolute atomic E-state index is 0.106. The Hall–Kier alpha value is -1.53. The third-order valence-electron chi connectivity index (χ3n) is 4.49. The van der Waals surface area contributed by atoms with Crippen molar-refractivity contribution < 1.29 is 4.74 Å². The van der Waals surface area contributed by atoms with Gasteiger partial charge >= 0.3 is 0 Å². The minimum atomic E-state index is 0.106. The molecule has 1 fully saturated rings. The van der Waals surface area contributed by atoms with Gasteiger partial charge in [0.1, 0.15) is 11.8 Å². The number of para-hydroxylation sites is 1. The first-order valence-corrected chi connectivity index (χ1v) is 8.12. The van der Waals surface area contributed by atoms with E-state index in [2.05, 4.69) is 18.3 Å². The molecule has 0 aliphatic heterocycles. The predicted molar refractivity (Wildman–Crippen MR) is 85.0 cm³/mol. The molecule has 1 atom stereocenters. The van der Waals surface area contributed by atoms with Crippen LogP contribution >= 0.6 is 0 Å². The smallest absolute Gasteiger partial charge is 0.174 e. The molecule has 1 N–H and O–H groups in total. The number of nitriles is 1.